The van der Waals surface area contributed by atoms with Crippen LogP contribution in [0.4, 0.5) is 5.13 Å². The molecule has 0 radical (unpaired) electrons. The maximum absolute atomic E-state index is 12.5. The highest BCUT2D eigenvalue weighted by atomic mass is 35.5. The Balaban J connectivity index is 1.64. The first-order valence-electron chi connectivity index (χ1n) is 8.91. The minimum absolute atomic E-state index is 0.110. The Bertz CT molecular complexity index is 1010. The normalized spacial score (nSPS) is 11.7. The van der Waals surface area contributed by atoms with Crippen LogP contribution in [0.1, 0.15) is 35.4 Å². The Hall–Kier alpha value is -2.41. The van der Waals surface area contributed by atoms with Crippen molar-refractivity contribution in [3.8, 4) is 0 Å². The molecule has 2 aromatic carbocycles. The van der Waals surface area contributed by atoms with Gasteiger partial charge in [-0.1, -0.05) is 53.5 Å². The summed E-state index contributed by atoms with van der Waals surface area (Å²) in [6, 6.07) is 14.3. The fraction of sp³-hybridized carbons (Fsp3) is 0.190. The molecular weight excluding hydrogens is 429 g/mol. The highest BCUT2D eigenvalue weighted by molar-refractivity contribution is 7.15. The molecule has 0 fully saturated rings. The molecule has 1 heterocycles. The number of hydrogen-bond donors (Lipinski definition) is 2. The quantitative estimate of drug-likeness (QED) is 0.519. The van der Waals surface area contributed by atoms with E-state index in [2.05, 4.69) is 15.6 Å². The molecule has 2 amide bonds. The van der Waals surface area contributed by atoms with Crippen LogP contribution in [0.25, 0.3) is 0 Å². The number of rotatable bonds is 7. The zero-order valence-corrected chi connectivity index (χ0v) is 17.9. The molecule has 150 valence electrons. The van der Waals surface area contributed by atoms with Gasteiger partial charge in [-0.05, 0) is 29.3 Å². The van der Waals surface area contributed by atoms with E-state index in [9.17, 15) is 9.59 Å². The van der Waals surface area contributed by atoms with Crippen molar-refractivity contribution in [2.24, 2.45) is 0 Å². The van der Waals surface area contributed by atoms with Gasteiger partial charge in [0.15, 0.2) is 5.13 Å². The molecule has 0 aliphatic carbocycles. The van der Waals surface area contributed by atoms with Gasteiger partial charge in [-0.3, -0.25) is 9.59 Å². The number of halogens is 2. The third-order valence-electron chi connectivity index (χ3n) is 4.14. The van der Waals surface area contributed by atoms with Gasteiger partial charge < -0.3 is 10.6 Å². The lowest BCUT2D eigenvalue weighted by molar-refractivity contribution is -0.120. The van der Waals surface area contributed by atoms with Crippen molar-refractivity contribution in [3.05, 3.63) is 80.8 Å². The van der Waals surface area contributed by atoms with E-state index < -0.39 is 6.04 Å². The average molecular weight is 448 g/mol. The third kappa shape index (κ3) is 6.29. The maximum Gasteiger partial charge on any atom is 0.228 e. The SMILES string of the molecule is CC(=O)NC(CC(=O)Nc1ncc(Cc2cc(Cl)ccc2Cl)s1)c1ccccc1. The van der Waals surface area contributed by atoms with Crippen LogP contribution in [0.15, 0.2) is 54.7 Å². The molecule has 3 aromatic rings. The molecule has 1 atom stereocenters. The van der Waals surface area contributed by atoms with Crippen molar-refractivity contribution in [2.75, 3.05) is 5.32 Å². The second-order valence-corrected chi connectivity index (χ2v) is 8.42. The predicted molar refractivity (Wildman–Crippen MR) is 118 cm³/mol. The fourth-order valence-electron chi connectivity index (χ4n) is 2.85. The highest BCUT2D eigenvalue weighted by Gasteiger charge is 2.18. The van der Waals surface area contributed by atoms with Crippen LogP contribution in [-0.2, 0) is 16.0 Å². The molecule has 0 saturated heterocycles. The highest BCUT2D eigenvalue weighted by Crippen LogP contribution is 2.27. The van der Waals surface area contributed by atoms with E-state index in [1.807, 2.05) is 36.4 Å². The first kappa shape index (κ1) is 21.3. The van der Waals surface area contributed by atoms with Crippen LogP contribution in [0.5, 0.6) is 0 Å². The summed E-state index contributed by atoms with van der Waals surface area (Å²) >= 11 is 13.6. The van der Waals surface area contributed by atoms with Gasteiger partial charge in [0.2, 0.25) is 11.8 Å². The molecule has 0 saturated carbocycles. The van der Waals surface area contributed by atoms with Crippen LogP contribution in [0.2, 0.25) is 10.0 Å². The lowest BCUT2D eigenvalue weighted by atomic mass is 10.0. The van der Waals surface area contributed by atoms with Crippen LogP contribution in [0, 0.1) is 0 Å². The maximum atomic E-state index is 12.5. The minimum Gasteiger partial charge on any atom is -0.349 e. The van der Waals surface area contributed by atoms with Crippen LogP contribution in [0.3, 0.4) is 0 Å². The van der Waals surface area contributed by atoms with Gasteiger partial charge in [0, 0.05) is 34.5 Å². The van der Waals surface area contributed by atoms with E-state index in [0.29, 0.717) is 21.6 Å². The summed E-state index contributed by atoms with van der Waals surface area (Å²) in [4.78, 5) is 29.3. The van der Waals surface area contributed by atoms with Crippen molar-refractivity contribution < 1.29 is 9.59 Å². The van der Waals surface area contributed by atoms with E-state index in [-0.39, 0.29) is 18.2 Å². The summed E-state index contributed by atoms with van der Waals surface area (Å²) in [5, 5.41) is 7.37. The average Bonchev–Trinajstić information content (AvgIpc) is 3.11. The van der Waals surface area contributed by atoms with E-state index in [1.54, 1.807) is 18.3 Å². The summed E-state index contributed by atoms with van der Waals surface area (Å²) in [6.07, 6.45) is 2.39. The molecule has 8 heteroatoms. The molecule has 3 rings (SSSR count). The molecule has 1 aromatic heterocycles. The molecule has 5 nitrogen and oxygen atoms in total. The van der Waals surface area contributed by atoms with Gasteiger partial charge in [0.25, 0.3) is 0 Å². The standard InChI is InChI=1S/C21H19Cl2N3O2S/c1-13(27)25-19(14-5-3-2-4-6-14)11-20(28)26-21-24-12-17(29-21)10-15-9-16(22)7-8-18(15)23/h2-9,12,19H,10-11H2,1H3,(H,25,27)(H,24,26,28). The summed E-state index contributed by atoms with van der Waals surface area (Å²) in [6.45, 7) is 1.43. The number of carbonyl (C=O) groups is 2. The molecule has 0 bridgehead atoms. The molecule has 1 unspecified atom stereocenters. The zero-order chi connectivity index (χ0) is 20.8. The van der Waals surface area contributed by atoms with E-state index >= 15 is 0 Å². The first-order valence-corrected chi connectivity index (χ1v) is 10.5. The molecule has 0 aliphatic heterocycles. The lowest BCUT2D eigenvalue weighted by Gasteiger charge is -2.17. The molecule has 29 heavy (non-hydrogen) atoms. The number of carbonyl (C=O) groups excluding carboxylic acids is 2. The molecule has 0 aliphatic rings. The molecular formula is C21H19Cl2N3O2S. The number of nitrogens with one attached hydrogen (secondary N) is 2. The number of benzene rings is 2. The number of nitrogens with zero attached hydrogens (tertiary/aromatic N) is 1. The van der Waals surface area contributed by atoms with Gasteiger partial charge in [0.1, 0.15) is 0 Å². The van der Waals surface area contributed by atoms with Gasteiger partial charge >= 0.3 is 0 Å². The minimum atomic E-state index is -0.404. The Labute approximate surface area is 183 Å². The van der Waals surface area contributed by atoms with Crippen molar-refractivity contribution in [3.63, 3.8) is 0 Å². The summed E-state index contributed by atoms with van der Waals surface area (Å²) < 4.78 is 0. The predicted octanol–water partition coefficient (Wildman–Crippen LogP) is 5.25. The lowest BCUT2D eigenvalue weighted by Crippen LogP contribution is -2.29. The van der Waals surface area contributed by atoms with Crippen molar-refractivity contribution in [2.45, 2.75) is 25.8 Å². The van der Waals surface area contributed by atoms with Gasteiger partial charge in [-0.2, -0.15) is 0 Å². The van der Waals surface area contributed by atoms with Crippen LogP contribution >= 0.6 is 34.5 Å². The Kier molecular flexibility index (Phi) is 7.25. The number of amides is 2. The number of hydrogen-bond acceptors (Lipinski definition) is 4. The Morgan fingerprint density at radius 2 is 1.90 bits per heavy atom. The van der Waals surface area contributed by atoms with E-state index in [4.69, 9.17) is 23.2 Å². The second kappa shape index (κ2) is 9.87. The third-order valence-corrected chi connectivity index (χ3v) is 5.66. The Morgan fingerprint density at radius 1 is 1.14 bits per heavy atom. The van der Waals surface area contributed by atoms with Crippen molar-refractivity contribution in [1.29, 1.82) is 0 Å². The number of aromatic nitrogens is 1. The van der Waals surface area contributed by atoms with Gasteiger partial charge in [-0.15, -0.1) is 11.3 Å². The molecule has 2 N–H and O–H groups in total. The molecule has 0 spiro atoms. The number of anilines is 1. The van der Waals surface area contributed by atoms with Crippen molar-refractivity contribution >= 4 is 51.5 Å². The van der Waals surface area contributed by atoms with Crippen LogP contribution < -0.4 is 10.6 Å². The summed E-state index contributed by atoms with van der Waals surface area (Å²) in [7, 11) is 0. The van der Waals surface area contributed by atoms with Crippen LogP contribution in [-0.4, -0.2) is 16.8 Å². The first-order chi connectivity index (χ1) is 13.9. The Morgan fingerprint density at radius 3 is 2.62 bits per heavy atom. The largest absolute Gasteiger partial charge is 0.349 e. The fourth-order valence-corrected chi connectivity index (χ4v) is 4.08. The van der Waals surface area contributed by atoms with Crippen molar-refractivity contribution in [1.82, 2.24) is 10.3 Å². The van der Waals surface area contributed by atoms with Gasteiger partial charge in [-0.25, -0.2) is 4.98 Å². The number of thiazole rings is 1. The monoisotopic (exact) mass is 447 g/mol. The second-order valence-electron chi connectivity index (χ2n) is 6.46. The van der Waals surface area contributed by atoms with E-state index in [0.717, 1.165) is 16.0 Å². The van der Waals surface area contributed by atoms with E-state index in [1.165, 1.54) is 18.3 Å². The topological polar surface area (TPSA) is 71.1 Å². The summed E-state index contributed by atoms with van der Waals surface area (Å²) in [5.74, 6) is -0.420. The smallest absolute Gasteiger partial charge is 0.228 e. The summed E-state index contributed by atoms with van der Waals surface area (Å²) in [5.41, 5.74) is 1.77. The zero-order valence-electron chi connectivity index (χ0n) is 15.6. The van der Waals surface area contributed by atoms with Gasteiger partial charge in [0.05, 0.1) is 12.5 Å².